The zero-order valence-corrected chi connectivity index (χ0v) is 29.3. The van der Waals surface area contributed by atoms with Crippen LogP contribution < -0.4 is 0 Å². The molecule has 2 fully saturated rings. The van der Waals surface area contributed by atoms with Crippen LogP contribution in [0.25, 0.3) is 0 Å². The van der Waals surface area contributed by atoms with Gasteiger partial charge < -0.3 is 19.3 Å². The van der Waals surface area contributed by atoms with Crippen molar-refractivity contribution in [1.29, 1.82) is 0 Å². The molecular formula is C34H44Cl4N4O4. The van der Waals surface area contributed by atoms with E-state index in [1.165, 1.54) is 12.2 Å². The van der Waals surface area contributed by atoms with Crippen molar-refractivity contribution in [1.82, 2.24) is 19.6 Å². The van der Waals surface area contributed by atoms with Gasteiger partial charge in [0.2, 0.25) is 11.8 Å². The van der Waals surface area contributed by atoms with E-state index < -0.39 is 0 Å². The number of morpholine rings is 2. The van der Waals surface area contributed by atoms with Gasteiger partial charge in [0.05, 0.1) is 46.5 Å². The molecule has 0 aromatic heterocycles. The summed E-state index contributed by atoms with van der Waals surface area (Å²) in [5.74, 6) is -0.374. The Kier molecular flexibility index (Phi) is 15.9. The number of rotatable bonds is 16. The van der Waals surface area contributed by atoms with Crippen molar-refractivity contribution in [2.45, 2.75) is 25.7 Å². The lowest BCUT2D eigenvalue weighted by atomic mass is 10.1. The van der Waals surface area contributed by atoms with Crippen LogP contribution in [0.3, 0.4) is 0 Å². The molecule has 0 spiro atoms. The molecule has 2 aromatic rings. The molecule has 2 aromatic carbocycles. The van der Waals surface area contributed by atoms with Gasteiger partial charge >= 0.3 is 0 Å². The Morgan fingerprint density at radius 1 is 0.609 bits per heavy atom. The molecule has 2 saturated heterocycles. The van der Waals surface area contributed by atoms with Gasteiger partial charge in [-0.1, -0.05) is 58.5 Å². The predicted molar refractivity (Wildman–Crippen MR) is 186 cm³/mol. The summed E-state index contributed by atoms with van der Waals surface area (Å²) >= 11 is 24.7. The molecule has 8 nitrogen and oxygen atoms in total. The number of carbonyl (C=O) groups is 2. The highest BCUT2D eigenvalue weighted by Crippen LogP contribution is 2.24. The second-order valence-electron chi connectivity index (χ2n) is 11.6. The molecule has 0 aliphatic carbocycles. The highest BCUT2D eigenvalue weighted by Gasteiger charge is 2.17. The highest BCUT2D eigenvalue weighted by atomic mass is 35.5. The number of benzene rings is 2. The van der Waals surface area contributed by atoms with Crippen LogP contribution in [0.15, 0.2) is 48.6 Å². The maximum absolute atomic E-state index is 13.5. The first-order valence-corrected chi connectivity index (χ1v) is 17.5. The molecule has 0 unspecified atom stereocenters. The average Bonchev–Trinajstić information content (AvgIpc) is 3.07. The summed E-state index contributed by atoms with van der Waals surface area (Å²) in [6.07, 6.45) is 5.73. The topological polar surface area (TPSA) is 65.6 Å². The zero-order valence-electron chi connectivity index (χ0n) is 26.3. The van der Waals surface area contributed by atoms with Crippen LogP contribution >= 0.6 is 46.4 Å². The Morgan fingerprint density at radius 3 is 1.37 bits per heavy atom. The Balaban J connectivity index is 1.38. The Hall–Kier alpha value is -1.88. The molecule has 0 radical (unpaired) electrons. The number of carbonyl (C=O) groups excluding carboxylic acids is 2. The van der Waals surface area contributed by atoms with Crippen molar-refractivity contribution in [2.24, 2.45) is 0 Å². The van der Waals surface area contributed by atoms with E-state index in [0.717, 1.165) is 89.7 Å². The second kappa shape index (κ2) is 19.8. The highest BCUT2D eigenvalue weighted by molar-refractivity contribution is 6.42. The van der Waals surface area contributed by atoms with Gasteiger partial charge in [-0.2, -0.15) is 0 Å². The third kappa shape index (κ3) is 12.6. The summed E-state index contributed by atoms with van der Waals surface area (Å²) in [4.78, 5) is 35.3. The fraction of sp³-hybridized carbons (Fsp3) is 0.529. The van der Waals surface area contributed by atoms with Crippen molar-refractivity contribution in [3.63, 3.8) is 0 Å². The van der Waals surface area contributed by atoms with Crippen molar-refractivity contribution < 1.29 is 19.1 Å². The van der Waals surface area contributed by atoms with E-state index >= 15 is 0 Å². The molecule has 0 N–H and O–H groups in total. The van der Waals surface area contributed by atoms with E-state index in [4.69, 9.17) is 55.9 Å². The predicted octanol–water partition coefficient (Wildman–Crippen LogP) is 5.74. The van der Waals surface area contributed by atoms with Crippen LogP contribution in [-0.4, -0.2) is 123 Å². The van der Waals surface area contributed by atoms with Crippen LogP contribution in [0.2, 0.25) is 20.1 Å². The van der Waals surface area contributed by atoms with E-state index in [0.29, 0.717) is 59.1 Å². The summed E-state index contributed by atoms with van der Waals surface area (Å²) in [7, 11) is 0. The lowest BCUT2D eigenvalue weighted by Crippen LogP contribution is -2.40. The molecule has 0 bridgehead atoms. The molecule has 12 heteroatoms. The number of halogens is 4. The smallest absolute Gasteiger partial charge is 0.246 e. The van der Waals surface area contributed by atoms with Crippen LogP contribution in [0.1, 0.15) is 24.0 Å². The van der Waals surface area contributed by atoms with Crippen LogP contribution in [0, 0.1) is 0 Å². The molecule has 252 valence electrons. The normalized spacial score (nSPS) is 16.2. The molecule has 46 heavy (non-hydrogen) atoms. The number of ether oxygens (including phenoxy) is 2. The maximum atomic E-state index is 13.5. The first kappa shape index (κ1) is 36.9. The summed E-state index contributed by atoms with van der Waals surface area (Å²) in [5.41, 5.74) is 1.99. The number of nitrogens with zero attached hydrogens (tertiary/aromatic N) is 4. The van der Waals surface area contributed by atoms with Gasteiger partial charge in [-0.25, -0.2) is 0 Å². The lowest BCUT2D eigenvalue weighted by molar-refractivity contribution is -0.128. The van der Waals surface area contributed by atoms with Gasteiger partial charge in [0.15, 0.2) is 0 Å². The first-order valence-electron chi connectivity index (χ1n) is 16.0. The summed E-state index contributed by atoms with van der Waals surface area (Å²) < 4.78 is 10.9. The van der Waals surface area contributed by atoms with E-state index in [1.807, 2.05) is 34.1 Å². The van der Waals surface area contributed by atoms with Crippen molar-refractivity contribution >= 4 is 58.2 Å². The lowest BCUT2D eigenvalue weighted by Gasteiger charge is -2.28. The molecule has 2 aliphatic heterocycles. The fourth-order valence-electron chi connectivity index (χ4n) is 5.56. The van der Waals surface area contributed by atoms with Gasteiger partial charge in [-0.05, 0) is 61.1 Å². The molecule has 2 aliphatic rings. The Labute approximate surface area is 293 Å². The number of amides is 2. The van der Waals surface area contributed by atoms with E-state index in [2.05, 4.69) is 9.80 Å². The molecule has 4 rings (SSSR count). The minimum atomic E-state index is -0.187. The van der Waals surface area contributed by atoms with Crippen molar-refractivity contribution in [3.8, 4) is 0 Å². The third-order valence-corrected chi connectivity index (χ3v) is 9.79. The molecule has 2 heterocycles. The monoisotopic (exact) mass is 712 g/mol. The molecule has 0 saturated carbocycles. The van der Waals surface area contributed by atoms with E-state index in [9.17, 15) is 9.59 Å². The molecular weight excluding hydrogens is 670 g/mol. The largest absolute Gasteiger partial charge is 0.379 e. The van der Waals surface area contributed by atoms with Crippen LogP contribution in [0.5, 0.6) is 0 Å². The van der Waals surface area contributed by atoms with Gasteiger partial charge in [-0.3, -0.25) is 19.4 Å². The standard InChI is InChI=1S/C34H44Cl4N4O4/c35-29-5-3-27(25-31(29)37)9-15-41(13-1-11-39-17-21-45-22-18-39)33(43)7-8-34(44)42(14-2-12-40-19-23-46-24-20-40)16-10-28-4-6-30(36)32(38)26-28/h3-8,25-26H,1-2,9-24H2/b8-7-. The van der Waals surface area contributed by atoms with Crippen LogP contribution in [0.4, 0.5) is 0 Å². The minimum Gasteiger partial charge on any atom is -0.379 e. The average molecular weight is 715 g/mol. The Bertz CT molecular complexity index is 1200. The van der Waals surface area contributed by atoms with Gasteiger partial charge in [-0.15, -0.1) is 0 Å². The second-order valence-corrected chi connectivity index (χ2v) is 13.2. The number of hydrogen-bond donors (Lipinski definition) is 0. The van der Waals surface area contributed by atoms with E-state index in [-0.39, 0.29) is 11.8 Å². The van der Waals surface area contributed by atoms with E-state index in [1.54, 1.807) is 12.1 Å². The van der Waals surface area contributed by atoms with Crippen molar-refractivity contribution in [2.75, 3.05) is 91.9 Å². The SMILES string of the molecule is O=C(/C=C\C(=O)N(CCCN1CCOCC1)CCc1ccc(Cl)c(Cl)c1)N(CCCN1CCOCC1)CCc1ccc(Cl)c(Cl)c1. The van der Waals surface area contributed by atoms with Gasteiger partial charge in [0, 0.05) is 77.6 Å². The summed E-state index contributed by atoms with van der Waals surface area (Å²) in [6.45, 7) is 10.5. The minimum absolute atomic E-state index is 0.187. The summed E-state index contributed by atoms with van der Waals surface area (Å²) in [6, 6.07) is 11.1. The fourth-order valence-corrected chi connectivity index (χ4v) is 6.20. The third-order valence-electron chi connectivity index (χ3n) is 8.31. The molecule has 2 amide bonds. The zero-order chi connectivity index (χ0) is 32.7. The Morgan fingerprint density at radius 2 is 1.00 bits per heavy atom. The van der Waals surface area contributed by atoms with Crippen LogP contribution in [-0.2, 0) is 31.9 Å². The maximum Gasteiger partial charge on any atom is 0.246 e. The van der Waals surface area contributed by atoms with Gasteiger partial charge in [0.1, 0.15) is 0 Å². The summed E-state index contributed by atoms with van der Waals surface area (Å²) in [5, 5.41) is 1.98. The first-order chi connectivity index (χ1) is 22.3. The quantitative estimate of drug-likeness (QED) is 0.207. The molecule has 0 atom stereocenters. The van der Waals surface area contributed by atoms with Crippen molar-refractivity contribution in [3.05, 3.63) is 79.8 Å². The number of hydrogen-bond acceptors (Lipinski definition) is 6. The van der Waals surface area contributed by atoms with Gasteiger partial charge in [0.25, 0.3) is 0 Å².